The number of hydrogen-bond acceptors (Lipinski definition) is 4. The van der Waals surface area contributed by atoms with E-state index in [9.17, 15) is 17.6 Å². The van der Waals surface area contributed by atoms with Gasteiger partial charge in [-0.2, -0.15) is 4.31 Å². The van der Waals surface area contributed by atoms with Crippen molar-refractivity contribution in [3.05, 3.63) is 35.8 Å². The number of aromatic amines is 1. The second-order valence-corrected chi connectivity index (χ2v) is 9.70. The fourth-order valence-corrected chi connectivity index (χ4v) is 5.93. The lowest BCUT2D eigenvalue weighted by Gasteiger charge is -2.30. The lowest BCUT2D eigenvalue weighted by Crippen LogP contribution is -2.48. The number of hydrogen-bond donors (Lipinski definition) is 2. The van der Waals surface area contributed by atoms with Crippen molar-refractivity contribution >= 4 is 26.8 Å². The molecule has 152 valence electrons. The Labute approximate surface area is 163 Å². The number of halogens is 1. The molecular formula is C19H25FN4O3S. The standard InChI is InChI=1S/C19H25FN4O3S/c1-3-15(21)19(25)23-7-6-17-18(23)14(10-24(17)28(2,26)27)13-9-22-16-8-11(20)4-5-12(13)16/h4-5,8-9,14-15,17-18,22H,3,6-7,10,21H2,1-2H3/t14?,15?,17-,18-/m1/s1. The van der Waals surface area contributed by atoms with Crippen molar-refractivity contribution in [1.29, 1.82) is 0 Å². The zero-order chi connectivity index (χ0) is 20.2. The molecule has 7 nitrogen and oxygen atoms in total. The zero-order valence-corrected chi connectivity index (χ0v) is 16.7. The number of H-pyrrole nitrogens is 1. The van der Waals surface area contributed by atoms with E-state index in [4.69, 9.17) is 5.73 Å². The number of rotatable bonds is 4. The lowest BCUT2D eigenvalue weighted by molar-refractivity contribution is -0.133. The minimum absolute atomic E-state index is 0.138. The maximum atomic E-state index is 13.6. The minimum atomic E-state index is -3.42. The third kappa shape index (κ3) is 3.01. The summed E-state index contributed by atoms with van der Waals surface area (Å²) in [5.41, 5.74) is 7.56. The van der Waals surface area contributed by atoms with Crippen LogP contribution in [0.5, 0.6) is 0 Å². The summed E-state index contributed by atoms with van der Waals surface area (Å²) in [4.78, 5) is 17.7. The molecule has 28 heavy (non-hydrogen) atoms. The van der Waals surface area contributed by atoms with E-state index in [1.807, 2.05) is 6.92 Å². The number of carbonyl (C=O) groups is 1. The molecule has 0 bridgehead atoms. The average Bonchev–Trinajstić information content (AvgIpc) is 3.32. The predicted octanol–water partition coefficient (Wildman–Crippen LogP) is 1.37. The van der Waals surface area contributed by atoms with E-state index in [0.717, 1.165) is 10.9 Å². The van der Waals surface area contributed by atoms with Crippen LogP contribution in [0.4, 0.5) is 4.39 Å². The number of aromatic nitrogens is 1. The van der Waals surface area contributed by atoms with Gasteiger partial charge in [-0.15, -0.1) is 0 Å². The maximum Gasteiger partial charge on any atom is 0.239 e. The number of nitrogens with two attached hydrogens (primary N) is 1. The maximum absolute atomic E-state index is 13.6. The SMILES string of the molecule is CCC(N)C(=O)N1CC[C@@H]2[C@H]1C(c1c[nH]c3cc(F)ccc13)CN2S(C)(=O)=O. The highest BCUT2D eigenvalue weighted by atomic mass is 32.2. The topological polar surface area (TPSA) is 99.5 Å². The highest BCUT2D eigenvalue weighted by molar-refractivity contribution is 7.88. The number of amides is 1. The lowest BCUT2D eigenvalue weighted by atomic mass is 9.91. The number of nitrogens with zero attached hydrogens (tertiary/aromatic N) is 2. The molecular weight excluding hydrogens is 383 g/mol. The fourth-order valence-electron chi connectivity index (χ4n) is 4.77. The van der Waals surface area contributed by atoms with Crippen molar-refractivity contribution < 1.29 is 17.6 Å². The van der Waals surface area contributed by atoms with E-state index in [-0.39, 0.29) is 29.7 Å². The molecule has 3 heterocycles. The molecule has 0 spiro atoms. The van der Waals surface area contributed by atoms with Crippen LogP contribution >= 0.6 is 0 Å². The largest absolute Gasteiger partial charge is 0.361 e. The van der Waals surface area contributed by atoms with Crippen LogP contribution in [0.15, 0.2) is 24.4 Å². The van der Waals surface area contributed by atoms with Crippen molar-refractivity contribution in [3.63, 3.8) is 0 Å². The van der Waals surface area contributed by atoms with Crippen LogP contribution < -0.4 is 5.73 Å². The quantitative estimate of drug-likeness (QED) is 0.798. The first kappa shape index (κ1) is 19.4. The Morgan fingerprint density at radius 2 is 2.18 bits per heavy atom. The summed E-state index contributed by atoms with van der Waals surface area (Å²) in [6.45, 7) is 2.64. The molecule has 4 rings (SSSR count). The number of nitrogens with one attached hydrogen (secondary N) is 1. The van der Waals surface area contributed by atoms with Gasteiger partial charge in [0.2, 0.25) is 15.9 Å². The molecule has 9 heteroatoms. The zero-order valence-electron chi connectivity index (χ0n) is 15.9. The second-order valence-electron chi connectivity index (χ2n) is 7.77. The molecule has 2 unspecified atom stereocenters. The van der Waals surface area contributed by atoms with Crippen LogP contribution in [0.1, 0.15) is 31.2 Å². The summed E-state index contributed by atoms with van der Waals surface area (Å²) in [7, 11) is -3.42. The molecule has 0 saturated carbocycles. The van der Waals surface area contributed by atoms with Crippen LogP contribution in [0.3, 0.4) is 0 Å². The third-order valence-corrected chi connectivity index (χ3v) is 7.39. The average molecular weight is 408 g/mol. The third-order valence-electron chi connectivity index (χ3n) is 6.12. The molecule has 1 aromatic heterocycles. The normalized spacial score (nSPS) is 26.7. The van der Waals surface area contributed by atoms with Gasteiger partial charge >= 0.3 is 0 Å². The van der Waals surface area contributed by atoms with Gasteiger partial charge in [0.1, 0.15) is 5.82 Å². The van der Waals surface area contributed by atoms with Gasteiger partial charge in [0.15, 0.2) is 0 Å². The smallest absolute Gasteiger partial charge is 0.239 e. The van der Waals surface area contributed by atoms with E-state index >= 15 is 0 Å². The number of fused-ring (bicyclic) bond motifs is 2. The molecule has 2 saturated heterocycles. The van der Waals surface area contributed by atoms with Gasteiger partial charge in [-0.1, -0.05) is 6.92 Å². The molecule has 2 aliphatic rings. The predicted molar refractivity (Wildman–Crippen MR) is 105 cm³/mol. The molecule has 4 atom stereocenters. The van der Waals surface area contributed by atoms with E-state index < -0.39 is 16.1 Å². The van der Waals surface area contributed by atoms with E-state index in [1.165, 1.54) is 22.7 Å². The van der Waals surface area contributed by atoms with E-state index in [2.05, 4.69) is 4.98 Å². The first-order valence-electron chi connectivity index (χ1n) is 9.51. The molecule has 2 aromatic rings. The first-order valence-corrected chi connectivity index (χ1v) is 11.4. The summed E-state index contributed by atoms with van der Waals surface area (Å²) >= 11 is 0. The number of carbonyl (C=O) groups excluding carboxylic acids is 1. The molecule has 2 aliphatic heterocycles. The highest BCUT2D eigenvalue weighted by Crippen LogP contribution is 2.44. The molecule has 0 aliphatic carbocycles. The van der Waals surface area contributed by atoms with Gasteiger partial charge in [0, 0.05) is 42.1 Å². The Morgan fingerprint density at radius 3 is 2.86 bits per heavy atom. The van der Waals surface area contributed by atoms with Crippen molar-refractivity contribution in [1.82, 2.24) is 14.2 Å². The van der Waals surface area contributed by atoms with E-state index in [1.54, 1.807) is 17.2 Å². The summed E-state index contributed by atoms with van der Waals surface area (Å²) < 4.78 is 39.9. The molecule has 1 amide bonds. The van der Waals surface area contributed by atoms with Gasteiger partial charge in [-0.25, -0.2) is 12.8 Å². The van der Waals surface area contributed by atoms with Gasteiger partial charge in [-0.05, 0) is 36.6 Å². The molecule has 1 aromatic carbocycles. The highest BCUT2D eigenvalue weighted by Gasteiger charge is 2.53. The monoisotopic (exact) mass is 408 g/mol. The Hall–Kier alpha value is -1.97. The van der Waals surface area contributed by atoms with E-state index in [0.29, 0.717) is 31.4 Å². The summed E-state index contributed by atoms with van der Waals surface area (Å²) in [6, 6.07) is 3.38. The van der Waals surface area contributed by atoms with Crippen LogP contribution in [-0.2, 0) is 14.8 Å². The van der Waals surface area contributed by atoms with Gasteiger partial charge in [-0.3, -0.25) is 4.79 Å². The fraction of sp³-hybridized carbons (Fsp3) is 0.526. The Kier molecular flexibility index (Phi) is 4.71. The summed E-state index contributed by atoms with van der Waals surface area (Å²) in [5, 5.41) is 0.847. The second kappa shape index (κ2) is 6.82. The van der Waals surface area contributed by atoms with Crippen molar-refractivity contribution in [2.24, 2.45) is 5.73 Å². The number of benzene rings is 1. The Balaban J connectivity index is 1.79. The van der Waals surface area contributed by atoms with Crippen LogP contribution in [0, 0.1) is 5.82 Å². The first-order chi connectivity index (χ1) is 13.2. The van der Waals surface area contributed by atoms with Gasteiger partial charge < -0.3 is 15.6 Å². The number of likely N-dealkylation sites (tertiary alicyclic amines) is 1. The van der Waals surface area contributed by atoms with Gasteiger partial charge in [0.25, 0.3) is 0 Å². The number of sulfonamides is 1. The van der Waals surface area contributed by atoms with Crippen LogP contribution in [0.25, 0.3) is 10.9 Å². The van der Waals surface area contributed by atoms with Crippen LogP contribution in [-0.4, -0.2) is 66.0 Å². The summed E-state index contributed by atoms with van der Waals surface area (Å²) in [5.74, 6) is -0.676. The minimum Gasteiger partial charge on any atom is -0.361 e. The van der Waals surface area contributed by atoms with Crippen molar-refractivity contribution in [2.75, 3.05) is 19.3 Å². The van der Waals surface area contributed by atoms with Gasteiger partial charge in [0.05, 0.1) is 18.3 Å². The molecule has 0 radical (unpaired) electrons. The van der Waals surface area contributed by atoms with Crippen LogP contribution in [0.2, 0.25) is 0 Å². The van der Waals surface area contributed by atoms with Crippen molar-refractivity contribution in [3.8, 4) is 0 Å². The van der Waals surface area contributed by atoms with Crippen molar-refractivity contribution in [2.45, 2.75) is 43.8 Å². The molecule has 2 fully saturated rings. The summed E-state index contributed by atoms with van der Waals surface area (Å²) in [6.07, 6.45) is 4.13. The Morgan fingerprint density at radius 1 is 1.43 bits per heavy atom. The Bertz CT molecular complexity index is 1020. The molecule has 3 N–H and O–H groups in total.